The number of fused-ring (bicyclic) bond motifs is 2. The molecular weight excluding hydrogens is 384 g/mol. The number of nitrogens with one attached hydrogen (secondary N) is 1. The minimum absolute atomic E-state index is 0.101. The first-order valence-corrected chi connectivity index (χ1v) is 9.91. The van der Waals surface area contributed by atoms with Gasteiger partial charge < -0.3 is 10.6 Å². The summed E-state index contributed by atoms with van der Waals surface area (Å²) >= 11 is 0. The van der Waals surface area contributed by atoms with Crippen molar-refractivity contribution in [2.45, 2.75) is 31.8 Å². The molecule has 1 unspecified atom stereocenters. The molecule has 3 heterocycles. The van der Waals surface area contributed by atoms with E-state index in [4.69, 9.17) is 5.73 Å². The van der Waals surface area contributed by atoms with Crippen LogP contribution in [0.3, 0.4) is 0 Å². The zero-order valence-corrected chi connectivity index (χ0v) is 16.2. The van der Waals surface area contributed by atoms with Crippen LogP contribution in [-0.4, -0.2) is 41.1 Å². The van der Waals surface area contributed by atoms with Gasteiger partial charge in [0.2, 0.25) is 11.8 Å². The lowest BCUT2D eigenvalue weighted by atomic mass is 9.97. The number of carbonyl (C=O) groups is 4. The third kappa shape index (κ3) is 2.75. The highest BCUT2D eigenvalue weighted by atomic mass is 16.2. The van der Waals surface area contributed by atoms with Crippen LogP contribution in [0.15, 0.2) is 36.4 Å². The number of hydrogen-bond acceptors (Lipinski definition) is 6. The summed E-state index contributed by atoms with van der Waals surface area (Å²) < 4.78 is 0. The van der Waals surface area contributed by atoms with Crippen molar-refractivity contribution in [2.24, 2.45) is 0 Å². The average Bonchev–Trinajstić information content (AvgIpc) is 2.98. The van der Waals surface area contributed by atoms with Gasteiger partial charge in [-0.2, -0.15) is 0 Å². The summed E-state index contributed by atoms with van der Waals surface area (Å²) in [7, 11) is 0. The molecule has 0 bridgehead atoms. The maximum atomic E-state index is 13.0. The second-order valence-corrected chi connectivity index (χ2v) is 7.83. The molecule has 8 nitrogen and oxygen atoms in total. The summed E-state index contributed by atoms with van der Waals surface area (Å²) in [5.41, 5.74) is 10.6. The molecule has 2 aromatic carbocycles. The zero-order chi connectivity index (χ0) is 21.0. The highest BCUT2D eigenvalue weighted by Gasteiger charge is 2.44. The van der Waals surface area contributed by atoms with Crippen molar-refractivity contribution in [2.75, 3.05) is 17.2 Å². The molecule has 152 valence electrons. The van der Waals surface area contributed by atoms with Gasteiger partial charge in [0.15, 0.2) is 0 Å². The van der Waals surface area contributed by atoms with E-state index in [2.05, 4.69) is 16.3 Å². The van der Waals surface area contributed by atoms with Gasteiger partial charge in [-0.25, -0.2) is 0 Å². The quantitative estimate of drug-likeness (QED) is 0.575. The smallest absolute Gasteiger partial charge is 0.262 e. The summed E-state index contributed by atoms with van der Waals surface area (Å²) in [6.07, 6.45) is 1.08. The Hall–Kier alpha value is -3.68. The molecule has 3 aliphatic heterocycles. The van der Waals surface area contributed by atoms with Crippen LogP contribution in [0.4, 0.5) is 11.4 Å². The Morgan fingerprint density at radius 2 is 1.77 bits per heavy atom. The van der Waals surface area contributed by atoms with Gasteiger partial charge in [-0.05, 0) is 48.2 Å². The Labute approximate surface area is 172 Å². The predicted molar refractivity (Wildman–Crippen MR) is 109 cm³/mol. The summed E-state index contributed by atoms with van der Waals surface area (Å²) in [5.74, 6) is -1.99. The van der Waals surface area contributed by atoms with E-state index in [0.29, 0.717) is 6.54 Å². The van der Waals surface area contributed by atoms with E-state index in [1.165, 1.54) is 5.56 Å². The van der Waals surface area contributed by atoms with Gasteiger partial charge in [-0.1, -0.05) is 12.1 Å². The first-order chi connectivity index (χ1) is 14.4. The van der Waals surface area contributed by atoms with Gasteiger partial charge in [0.25, 0.3) is 11.8 Å². The van der Waals surface area contributed by atoms with Crippen molar-refractivity contribution in [3.63, 3.8) is 0 Å². The van der Waals surface area contributed by atoms with E-state index in [1.807, 2.05) is 18.2 Å². The molecule has 0 saturated carbocycles. The summed E-state index contributed by atoms with van der Waals surface area (Å²) in [6, 6.07) is 10.1. The Balaban J connectivity index is 1.44. The lowest BCUT2D eigenvalue weighted by Crippen LogP contribution is -2.54. The second kappa shape index (κ2) is 6.69. The first-order valence-electron chi connectivity index (χ1n) is 9.91. The number of nitrogens with two attached hydrogens (primary N) is 1. The molecule has 1 saturated heterocycles. The van der Waals surface area contributed by atoms with Crippen LogP contribution in [-0.2, 0) is 22.6 Å². The lowest BCUT2D eigenvalue weighted by molar-refractivity contribution is -0.136. The number of carbonyl (C=O) groups excluding carboxylic acids is 4. The van der Waals surface area contributed by atoms with E-state index < -0.39 is 23.8 Å². The van der Waals surface area contributed by atoms with Crippen molar-refractivity contribution >= 4 is 35.0 Å². The van der Waals surface area contributed by atoms with Crippen LogP contribution in [0.25, 0.3) is 0 Å². The number of nitrogen functional groups attached to an aromatic ring is 1. The molecule has 4 amide bonds. The van der Waals surface area contributed by atoms with Crippen LogP contribution in [0.5, 0.6) is 0 Å². The fourth-order valence-electron chi connectivity index (χ4n) is 4.48. The van der Waals surface area contributed by atoms with Gasteiger partial charge in [0.1, 0.15) is 6.04 Å². The lowest BCUT2D eigenvalue weighted by Gasteiger charge is -2.31. The van der Waals surface area contributed by atoms with E-state index >= 15 is 0 Å². The molecule has 1 atom stereocenters. The minimum Gasteiger partial charge on any atom is -0.398 e. The molecule has 0 aliphatic carbocycles. The molecule has 8 heteroatoms. The molecular formula is C22H20N4O4. The summed E-state index contributed by atoms with van der Waals surface area (Å²) in [4.78, 5) is 52.6. The van der Waals surface area contributed by atoms with Crippen molar-refractivity contribution in [3.8, 4) is 0 Å². The summed E-state index contributed by atoms with van der Waals surface area (Å²) in [6.45, 7) is 1.40. The maximum absolute atomic E-state index is 13.0. The topological polar surface area (TPSA) is 113 Å². The number of benzene rings is 2. The van der Waals surface area contributed by atoms with Crippen molar-refractivity contribution in [1.29, 1.82) is 0 Å². The number of anilines is 2. The number of amides is 4. The molecule has 3 aliphatic rings. The zero-order valence-electron chi connectivity index (χ0n) is 16.2. The van der Waals surface area contributed by atoms with E-state index in [0.717, 1.165) is 34.8 Å². The van der Waals surface area contributed by atoms with Gasteiger partial charge in [0.05, 0.1) is 11.1 Å². The van der Waals surface area contributed by atoms with E-state index in [-0.39, 0.29) is 29.9 Å². The fourth-order valence-corrected chi connectivity index (χ4v) is 4.48. The molecule has 0 aromatic heterocycles. The minimum atomic E-state index is -0.958. The second-order valence-electron chi connectivity index (χ2n) is 7.83. The van der Waals surface area contributed by atoms with Crippen molar-refractivity contribution in [1.82, 2.24) is 10.2 Å². The Kier molecular flexibility index (Phi) is 4.09. The van der Waals surface area contributed by atoms with Crippen LogP contribution >= 0.6 is 0 Å². The molecule has 2 aromatic rings. The van der Waals surface area contributed by atoms with Gasteiger partial charge in [-0.15, -0.1) is 0 Å². The largest absolute Gasteiger partial charge is 0.398 e. The maximum Gasteiger partial charge on any atom is 0.262 e. The Bertz CT molecular complexity index is 1130. The van der Waals surface area contributed by atoms with E-state index in [1.54, 1.807) is 12.1 Å². The van der Waals surface area contributed by atoms with Gasteiger partial charge in [-0.3, -0.25) is 29.4 Å². The predicted octanol–water partition coefficient (Wildman–Crippen LogP) is 1.23. The molecule has 30 heavy (non-hydrogen) atoms. The fraction of sp³-hybridized carbons (Fsp3) is 0.273. The van der Waals surface area contributed by atoms with Crippen LogP contribution in [0.1, 0.15) is 44.7 Å². The standard InChI is InChI=1S/C22H20N4O4/c23-17-3-1-2-12-8-9-25(11-16(12)17)13-4-5-14-15(10-13)22(30)26(21(14)29)18-6-7-19(27)24-20(18)28/h1-5,10,18H,6-9,11,23H2,(H,24,27,28). The third-order valence-corrected chi connectivity index (χ3v) is 6.10. The van der Waals surface area contributed by atoms with Gasteiger partial charge in [0, 0.05) is 30.9 Å². The number of imide groups is 2. The van der Waals surface area contributed by atoms with Gasteiger partial charge >= 0.3 is 0 Å². The average molecular weight is 404 g/mol. The monoisotopic (exact) mass is 404 g/mol. The molecule has 0 radical (unpaired) electrons. The first kappa shape index (κ1) is 18.4. The number of nitrogens with zero attached hydrogens (tertiary/aromatic N) is 2. The SMILES string of the molecule is Nc1cccc2c1CN(c1ccc3c(c1)C(=O)N(C1CCC(=O)NC1=O)C3=O)CC2. The highest BCUT2D eigenvalue weighted by molar-refractivity contribution is 6.23. The van der Waals surface area contributed by atoms with Crippen LogP contribution < -0.4 is 16.0 Å². The molecule has 3 N–H and O–H groups in total. The Morgan fingerprint density at radius 3 is 2.57 bits per heavy atom. The number of hydrogen-bond donors (Lipinski definition) is 2. The van der Waals surface area contributed by atoms with Crippen LogP contribution in [0.2, 0.25) is 0 Å². The normalized spacial score (nSPS) is 20.9. The van der Waals surface area contributed by atoms with Crippen molar-refractivity contribution in [3.05, 3.63) is 58.7 Å². The summed E-state index contributed by atoms with van der Waals surface area (Å²) in [5, 5.41) is 2.21. The third-order valence-electron chi connectivity index (χ3n) is 6.10. The molecule has 5 rings (SSSR count). The van der Waals surface area contributed by atoms with Crippen molar-refractivity contribution < 1.29 is 19.2 Å². The van der Waals surface area contributed by atoms with Crippen LogP contribution in [0, 0.1) is 0 Å². The Morgan fingerprint density at radius 1 is 0.967 bits per heavy atom. The number of piperidine rings is 1. The highest BCUT2D eigenvalue weighted by Crippen LogP contribution is 2.33. The molecule has 1 fully saturated rings. The number of rotatable bonds is 2. The molecule has 0 spiro atoms. The van der Waals surface area contributed by atoms with E-state index in [9.17, 15) is 19.2 Å².